The number of nitrogens with zero attached hydrogens (tertiary/aromatic N) is 1. The Bertz CT molecular complexity index is 727. The number of amides is 1. The third-order valence-corrected chi connectivity index (χ3v) is 4.45. The summed E-state index contributed by atoms with van der Waals surface area (Å²) in [6.07, 6.45) is 0.114. The van der Waals surface area contributed by atoms with E-state index in [1.165, 1.54) is 0 Å². The summed E-state index contributed by atoms with van der Waals surface area (Å²) < 4.78 is 11.4. The topological polar surface area (TPSA) is 38.8 Å². The fourth-order valence-electron chi connectivity index (χ4n) is 2.73. The van der Waals surface area contributed by atoms with E-state index < -0.39 is 6.10 Å². The molecule has 2 aromatic carbocycles. The average molecular weight is 341 g/mol. The van der Waals surface area contributed by atoms with Crippen LogP contribution in [-0.2, 0) is 11.3 Å². The number of hydrogen-bond acceptors (Lipinski definition) is 3. The van der Waals surface area contributed by atoms with E-state index in [1.807, 2.05) is 63.2 Å². The van der Waals surface area contributed by atoms with Crippen LogP contribution in [0.3, 0.4) is 0 Å². The predicted octanol–water partition coefficient (Wildman–Crippen LogP) is 4.13. The molecule has 0 saturated carbocycles. The third kappa shape index (κ3) is 4.53. The van der Waals surface area contributed by atoms with Crippen molar-refractivity contribution in [3.8, 4) is 11.5 Å². The lowest BCUT2D eigenvalue weighted by Gasteiger charge is -2.25. The van der Waals surface area contributed by atoms with Crippen molar-refractivity contribution in [2.24, 2.45) is 0 Å². The Labute approximate surface area is 150 Å². The first kappa shape index (κ1) is 18.8. The largest absolute Gasteiger partial charge is 0.496 e. The highest BCUT2D eigenvalue weighted by atomic mass is 16.5. The second-order valence-electron chi connectivity index (χ2n) is 6.22. The van der Waals surface area contributed by atoms with Crippen LogP contribution < -0.4 is 9.47 Å². The van der Waals surface area contributed by atoms with Crippen LogP contribution in [0.1, 0.15) is 30.0 Å². The van der Waals surface area contributed by atoms with Crippen molar-refractivity contribution in [1.29, 1.82) is 0 Å². The lowest BCUT2D eigenvalue weighted by Crippen LogP contribution is -2.39. The summed E-state index contributed by atoms with van der Waals surface area (Å²) in [5.74, 6) is 1.52. The standard InChI is InChI=1S/C21H27NO3/c1-6-18(25-19-13-9-10-15(2)16(19)3)21(23)22(4)14-17-11-7-8-12-20(17)24-5/h7-13,18H,6,14H2,1-5H3/t18-/m0/s1. The van der Waals surface area contributed by atoms with Gasteiger partial charge in [-0.1, -0.05) is 37.3 Å². The summed E-state index contributed by atoms with van der Waals surface area (Å²) in [6.45, 7) is 6.50. The summed E-state index contributed by atoms with van der Waals surface area (Å²) in [5, 5.41) is 0. The third-order valence-electron chi connectivity index (χ3n) is 4.45. The fourth-order valence-corrected chi connectivity index (χ4v) is 2.73. The second kappa shape index (κ2) is 8.56. The van der Waals surface area contributed by atoms with Gasteiger partial charge in [-0.05, 0) is 43.5 Å². The molecule has 0 fully saturated rings. The van der Waals surface area contributed by atoms with Crippen molar-refractivity contribution in [2.75, 3.05) is 14.2 Å². The van der Waals surface area contributed by atoms with Crippen LogP contribution in [-0.4, -0.2) is 31.1 Å². The van der Waals surface area contributed by atoms with Crippen molar-refractivity contribution in [3.05, 3.63) is 59.2 Å². The van der Waals surface area contributed by atoms with Crippen molar-refractivity contribution in [2.45, 2.75) is 39.8 Å². The van der Waals surface area contributed by atoms with Gasteiger partial charge in [0.15, 0.2) is 6.10 Å². The van der Waals surface area contributed by atoms with Crippen LogP contribution >= 0.6 is 0 Å². The minimum absolute atomic E-state index is 0.0330. The Hall–Kier alpha value is -2.49. The van der Waals surface area contributed by atoms with Crippen LogP contribution in [0, 0.1) is 13.8 Å². The molecule has 0 N–H and O–H groups in total. The minimum Gasteiger partial charge on any atom is -0.496 e. The van der Waals surface area contributed by atoms with Crippen LogP contribution in [0.4, 0.5) is 0 Å². The summed E-state index contributed by atoms with van der Waals surface area (Å²) in [6, 6.07) is 13.6. The molecule has 0 aromatic heterocycles. The van der Waals surface area contributed by atoms with Crippen molar-refractivity contribution in [1.82, 2.24) is 4.90 Å². The number of ether oxygens (including phenoxy) is 2. The summed E-state index contributed by atoms with van der Waals surface area (Å²) in [5.41, 5.74) is 3.20. The number of likely N-dealkylation sites (N-methyl/N-ethyl adjacent to an activating group) is 1. The van der Waals surface area contributed by atoms with Gasteiger partial charge in [-0.25, -0.2) is 0 Å². The molecular formula is C21H27NO3. The maximum Gasteiger partial charge on any atom is 0.263 e. The smallest absolute Gasteiger partial charge is 0.263 e. The molecule has 25 heavy (non-hydrogen) atoms. The zero-order valence-corrected chi connectivity index (χ0v) is 15.7. The highest BCUT2D eigenvalue weighted by Crippen LogP contribution is 2.24. The molecule has 0 radical (unpaired) electrons. The van der Waals surface area contributed by atoms with Crippen LogP contribution in [0.15, 0.2) is 42.5 Å². The lowest BCUT2D eigenvalue weighted by molar-refractivity contribution is -0.138. The Kier molecular flexibility index (Phi) is 6.45. The van der Waals surface area contributed by atoms with E-state index in [4.69, 9.17) is 9.47 Å². The molecule has 0 aliphatic heterocycles. The molecule has 0 saturated heterocycles. The van der Waals surface area contributed by atoms with E-state index in [1.54, 1.807) is 19.1 Å². The number of benzene rings is 2. The number of rotatable bonds is 7. The van der Waals surface area contributed by atoms with Gasteiger partial charge in [0.1, 0.15) is 11.5 Å². The molecular weight excluding hydrogens is 314 g/mol. The highest BCUT2D eigenvalue weighted by molar-refractivity contribution is 5.81. The molecule has 4 heteroatoms. The Morgan fingerprint density at radius 1 is 1.08 bits per heavy atom. The van der Waals surface area contributed by atoms with E-state index in [9.17, 15) is 4.79 Å². The zero-order chi connectivity index (χ0) is 18.4. The van der Waals surface area contributed by atoms with Gasteiger partial charge >= 0.3 is 0 Å². The normalized spacial score (nSPS) is 11.7. The zero-order valence-electron chi connectivity index (χ0n) is 15.7. The first-order valence-electron chi connectivity index (χ1n) is 8.57. The Morgan fingerprint density at radius 3 is 2.44 bits per heavy atom. The molecule has 1 atom stereocenters. The number of hydrogen-bond donors (Lipinski definition) is 0. The molecule has 4 nitrogen and oxygen atoms in total. The Morgan fingerprint density at radius 2 is 1.76 bits per heavy atom. The van der Waals surface area contributed by atoms with Crippen molar-refractivity contribution < 1.29 is 14.3 Å². The summed E-state index contributed by atoms with van der Waals surface area (Å²) in [7, 11) is 3.43. The first-order valence-corrected chi connectivity index (χ1v) is 8.57. The molecule has 0 bridgehead atoms. The van der Waals surface area contributed by atoms with Crippen molar-refractivity contribution in [3.63, 3.8) is 0 Å². The van der Waals surface area contributed by atoms with Gasteiger partial charge in [0.25, 0.3) is 5.91 Å². The first-order chi connectivity index (χ1) is 12.0. The molecule has 2 aromatic rings. The molecule has 0 aliphatic carbocycles. The van der Waals surface area contributed by atoms with Gasteiger partial charge in [-0.3, -0.25) is 4.79 Å². The monoisotopic (exact) mass is 341 g/mol. The summed E-state index contributed by atoms with van der Waals surface area (Å²) in [4.78, 5) is 14.5. The number of carbonyl (C=O) groups excluding carboxylic acids is 1. The van der Waals surface area contributed by atoms with Crippen LogP contribution in [0.25, 0.3) is 0 Å². The average Bonchev–Trinajstić information content (AvgIpc) is 2.62. The molecule has 0 spiro atoms. The maximum atomic E-state index is 12.8. The quantitative estimate of drug-likeness (QED) is 0.760. The van der Waals surface area contributed by atoms with E-state index in [0.717, 1.165) is 28.2 Å². The van der Waals surface area contributed by atoms with Gasteiger partial charge in [-0.15, -0.1) is 0 Å². The SMILES string of the molecule is CC[C@H](Oc1cccc(C)c1C)C(=O)N(C)Cc1ccccc1OC. The van der Waals surface area contributed by atoms with Gasteiger partial charge < -0.3 is 14.4 Å². The predicted molar refractivity (Wildman–Crippen MR) is 100 cm³/mol. The maximum absolute atomic E-state index is 12.8. The minimum atomic E-state index is -0.500. The number of carbonyl (C=O) groups is 1. The molecule has 0 unspecified atom stereocenters. The number of aryl methyl sites for hydroxylation is 1. The van der Waals surface area contributed by atoms with E-state index in [-0.39, 0.29) is 5.91 Å². The second-order valence-corrected chi connectivity index (χ2v) is 6.22. The highest BCUT2D eigenvalue weighted by Gasteiger charge is 2.23. The van der Waals surface area contributed by atoms with Gasteiger partial charge in [0, 0.05) is 19.2 Å². The Balaban J connectivity index is 2.11. The van der Waals surface area contributed by atoms with Crippen LogP contribution in [0.5, 0.6) is 11.5 Å². The van der Waals surface area contributed by atoms with E-state index in [2.05, 4.69) is 0 Å². The molecule has 2 rings (SSSR count). The molecule has 1 amide bonds. The van der Waals surface area contributed by atoms with Gasteiger partial charge in [0.2, 0.25) is 0 Å². The lowest BCUT2D eigenvalue weighted by atomic mass is 10.1. The molecule has 0 aliphatic rings. The number of methoxy groups -OCH3 is 1. The molecule has 134 valence electrons. The van der Waals surface area contributed by atoms with Gasteiger partial charge in [-0.2, -0.15) is 0 Å². The summed E-state index contributed by atoms with van der Waals surface area (Å²) >= 11 is 0. The van der Waals surface area contributed by atoms with Crippen molar-refractivity contribution >= 4 is 5.91 Å². The fraction of sp³-hybridized carbons (Fsp3) is 0.381. The molecule has 0 heterocycles. The number of para-hydroxylation sites is 1. The van der Waals surface area contributed by atoms with Crippen LogP contribution in [0.2, 0.25) is 0 Å². The van der Waals surface area contributed by atoms with E-state index >= 15 is 0 Å². The van der Waals surface area contributed by atoms with E-state index in [0.29, 0.717) is 13.0 Å². The van der Waals surface area contributed by atoms with Gasteiger partial charge in [0.05, 0.1) is 7.11 Å².